The molecule has 6 bridgehead atoms. The molecule has 1 aliphatic carbocycles. The predicted octanol–water partition coefficient (Wildman–Crippen LogP) is 8.32. The van der Waals surface area contributed by atoms with Crippen LogP contribution in [0.4, 0.5) is 0 Å². The molecule has 1 N–H and O–H groups in total. The number of allylic oxidation sites excluding steroid dienone is 1. The lowest BCUT2D eigenvalue weighted by molar-refractivity contribution is -0.112. The normalized spacial score (nSPS) is 18.8. The van der Waals surface area contributed by atoms with Crippen LogP contribution in [0.1, 0.15) is 92.0 Å². The van der Waals surface area contributed by atoms with Gasteiger partial charge in [0.25, 0.3) is 0 Å². The van der Waals surface area contributed by atoms with Gasteiger partial charge in [-0.1, -0.05) is 81.8 Å². The van der Waals surface area contributed by atoms with E-state index in [4.69, 9.17) is 0 Å². The molecule has 0 spiro atoms. The van der Waals surface area contributed by atoms with Crippen LogP contribution in [0.2, 0.25) is 0 Å². The highest BCUT2D eigenvalue weighted by Gasteiger charge is 2.35. The molecule has 0 saturated heterocycles. The molecule has 1 atom stereocenters. The van der Waals surface area contributed by atoms with Crippen LogP contribution in [-0.4, -0.2) is 17.1 Å². The number of nitrogens with zero attached hydrogens (tertiary/aromatic N) is 1. The molecule has 0 saturated carbocycles. The number of carbonyl (C=O) groups excluding carboxylic acids is 1. The third-order valence-electron chi connectivity index (χ3n) is 7.81. The quantitative estimate of drug-likeness (QED) is 0.256. The first-order valence-electron chi connectivity index (χ1n) is 14.6. The molecule has 0 heterocycles. The van der Waals surface area contributed by atoms with Gasteiger partial charge in [-0.2, -0.15) is 0 Å². The molecule has 0 aromatic heterocycles. The first-order chi connectivity index (χ1) is 19.1. The van der Waals surface area contributed by atoms with Gasteiger partial charge in [-0.25, -0.2) is 0 Å². The second kappa shape index (κ2) is 12.7. The van der Waals surface area contributed by atoms with Crippen molar-refractivity contribution in [3.8, 4) is 0 Å². The minimum atomic E-state index is -1.39. The molecule has 208 valence electrons. The topological polar surface area (TPSA) is 49.7 Å². The number of hydrogen-bond acceptors (Lipinski definition) is 3. The highest BCUT2D eigenvalue weighted by atomic mass is 16.3. The maximum Gasteiger partial charge on any atom is 0.153 e. The molecule has 3 heteroatoms. The van der Waals surface area contributed by atoms with Gasteiger partial charge in [0.1, 0.15) is 5.60 Å². The molecule has 0 fully saturated rings. The second-order valence-corrected chi connectivity index (χ2v) is 11.6. The number of hydrogen-bond donors (Lipinski definition) is 1. The number of aliphatic imine (C=N–C) groups is 1. The summed E-state index contributed by atoms with van der Waals surface area (Å²) < 4.78 is 0. The van der Waals surface area contributed by atoms with Crippen LogP contribution >= 0.6 is 0 Å². The molecule has 1 unspecified atom stereocenters. The zero-order valence-corrected chi connectivity index (χ0v) is 24.9. The minimum absolute atomic E-state index is 0.00293. The van der Waals surface area contributed by atoms with Crippen molar-refractivity contribution in [3.63, 3.8) is 0 Å². The van der Waals surface area contributed by atoms with E-state index in [2.05, 4.69) is 87.3 Å². The Hall–Kier alpha value is -3.56. The summed E-state index contributed by atoms with van der Waals surface area (Å²) >= 11 is 0. The van der Waals surface area contributed by atoms with Gasteiger partial charge in [-0.05, 0) is 120 Å². The molecule has 3 aromatic carbocycles. The lowest BCUT2D eigenvalue weighted by Gasteiger charge is -2.32. The van der Waals surface area contributed by atoms with E-state index in [0.29, 0.717) is 5.92 Å². The fourth-order valence-corrected chi connectivity index (χ4v) is 5.67. The zero-order chi connectivity index (χ0) is 28.9. The van der Waals surface area contributed by atoms with Gasteiger partial charge in [0.2, 0.25) is 0 Å². The van der Waals surface area contributed by atoms with Crippen LogP contribution in [-0.2, 0) is 29.7 Å². The van der Waals surface area contributed by atoms with Crippen molar-refractivity contribution in [1.82, 2.24) is 0 Å². The van der Waals surface area contributed by atoms with Gasteiger partial charge in [0.15, 0.2) is 5.78 Å². The van der Waals surface area contributed by atoms with E-state index in [1.807, 2.05) is 19.2 Å². The number of aryl methyl sites for hydroxylation is 4. The SMILES string of the molecule is CCCc1ccc2cc1CCCc1cccc(c1)/C(=C/C(C)=O)c1cc(ccc1C)C2(O)/C(C)=C/N=CC(C)C. The van der Waals surface area contributed by atoms with Crippen molar-refractivity contribution in [2.24, 2.45) is 10.9 Å². The molecule has 0 radical (unpaired) electrons. The third-order valence-corrected chi connectivity index (χ3v) is 7.81. The third kappa shape index (κ3) is 6.42. The molecule has 3 aromatic rings. The molecule has 0 aliphatic heterocycles. The number of aliphatic hydroxyl groups is 1. The van der Waals surface area contributed by atoms with Gasteiger partial charge in [0, 0.05) is 12.4 Å². The monoisotopic (exact) mass is 533 g/mol. The number of carbonyl (C=O) groups is 1. The maximum absolute atomic E-state index is 12.7. The summed E-state index contributed by atoms with van der Waals surface area (Å²) in [4.78, 5) is 17.0. The van der Waals surface area contributed by atoms with E-state index in [1.54, 1.807) is 19.2 Å². The van der Waals surface area contributed by atoms with Gasteiger partial charge in [0.05, 0.1) is 0 Å². The van der Waals surface area contributed by atoms with E-state index in [-0.39, 0.29) is 5.78 Å². The smallest absolute Gasteiger partial charge is 0.153 e. The summed E-state index contributed by atoms with van der Waals surface area (Å²) in [7, 11) is 0. The first kappa shape index (κ1) is 29.4. The van der Waals surface area contributed by atoms with Crippen LogP contribution in [0, 0.1) is 12.8 Å². The Morgan fingerprint density at radius 2 is 1.77 bits per heavy atom. The average Bonchev–Trinajstić information content (AvgIpc) is 2.92. The van der Waals surface area contributed by atoms with E-state index in [1.165, 1.54) is 16.7 Å². The van der Waals surface area contributed by atoms with Gasteiger partial charge < -0.3 is 5.11 Å². The molecule has 40 heavy (non-hydrogen) atoms. The van der Waals surface area contributed by atoms with E-state index in [9.17, 15) is 9.90 Å². The van der Waals surface area contributed by atoms with Crippen LogP contribution in [0.3, 0.4) is 0 Å². The van der Waals surface area contributed by atoms with Crippen LogP contribution in [0.25, 0.3) is 5.57 Å². The second-order valence-electron chi connectivity index (χ2n) is 11.6. The summed E-state index contributed by atoms with van der Waals surface area (Å²) in [6.45, 7) is 12.0. The number of benzene rings is 3. The van der Waals surface area contributed by atoms with Crippen molar-refractivity contribution >= 4 is 17.6 Å². The summed E-state index contributed by atoms with van der Waals surface area (Å²) in [5, 5.41) is 12.7. The number of fused-ring (bicyclic) bond motifs is 6. The average molecular weight is 534 g/mol. The van der Waals surface area contributed by atoms with Crippen molar-refractivity contribution in [3.05, 3.63) is 123 Å². The number of rotatable bonds is 6. The maximum atomic E-state index is 12.7. The summed E-state index contributed by atoms with van der Waals surface area (Å²) in [5.74, 6) is 0.306. The molecule has 0 amide bonds. The van der Waals surface area contributed by atoms with Crippen molar-refractivity contribution in [2.75, 3.05) is 0 Å². The van der Waals surface area contributed by atoms with Crippen molar-refractivity contribution in [1.29, 1.82) is 0 Å². The predicted molar refractivity (Wildman–Crippen MR) is 168 cm³/mol. The van der Waals surface area contributed by atoms with Crippen molar-refractivity contribution < 1.29 is 9.90 Å². The Kier molecular flexibility index (Phi) is 9.37. The van der Waals surface area contributed by atoms with E-state index in [0.717, 1.165) is 71.1 Å². The highest BCUT2D eigenvalue weighted by molar-refractivity contribution is 5.99. The van der Waals surface area contributed by atoms with E-state index >= 15 is 0 Å². The molecule has 1 aliphatic rings. The Morgan fingerprint density at radius 1 is 1.02 bits per heavy atom. The van der Waals surface area contributed by atoms with Gasteiger partial charge in [-0.15, -0.1) is 0 Å². The largest absolute Gasteiger partial charge is 0.376 e. The molecular formula is C37H43NO2. The Labute approximate surface area is 240 Å². The van der Waals surface area contributed by atoms with Gasteiger partial charge in [-0.3, -0.25) is 9.79 Å². The van der Waals surface area contributed by atoms with Crippen molar-refractivity contribution in [2.45, 2.75) is 79.2 Å². The molecule has 3 nitrogen and oxygen atoms in total. The summed E-state index contributed by atoms with van der Waals surface area (Å²) in [6.07, 6.45) is 10.4. The summed E-state index contributed by atoms with van der Waals surface area (Å²) in [6, 6.07) is 21.2. The fraction of sp³-hybridized carbons (Fsp3) is 0.351. The van der Waals surface area contributed by atoms with Crippen LogP contribution in [0.15, 0.2) is 83.5 Å². The summed E-state index contributed by atoms with van der Waals surface area (Å²) in [5.41, 5.74) is 8.79. The Balaban J connectivity index is 2.05. The van der Waals surface area contributed by atoms with Crippen LogP contribution < -0.4 is 0 Å². The highest BCUT2D eigenvalue weighted by Crippen LogP contribution is 2.40. The number of ketones is 1. The zero-order valence-electron chi connectivity index (χ0n) is 24.9. The molecular weight excluding hydrogens is 490 g/mol. The molecule has 4 rings (SSSR count). The standard InChI is InChI=1S/C37H43NO2/c1-7-10-30-16-18-33-21-31(30)13-8-11-29-12-9-14-32(20-29)36(19-28(6)39)35-22-34(17-15-26(35)4)37(33,40)27(5)24-38-23-25(2)3/h9,12,14-25,40H,7-8,10-11,13H2,1-6H3/b27-24+,36-19-,38-23?. The first-order valence-corrected chi connectivity index (χ1v) is 14.6. The van der Waals surface area contributed by atoms with Crippen LogP contribution in [0.5, 0.6) is 0 Å². The van der Waals surface area contributed by atoms with E-state index < -0.39 is 5.60 Å². The Bertz CT molecular complexity index is 1470. The van der Waals surface area contributed by atoms with Gasteiger partial charge >= 0.3 is 0 Å². The minimum Gasteiger partial charge on any atom is -0.376 e. The fourth-order valence-electron chi connectivity index (χ4n) is 5.67. The lowest BCUT2D eigenvalue weighted by Crippen LogP contribution is -2.29. The Morgan fingerprint density at radius 3 is 2.50 bits per heavy atom. The lowest BCUT2D eigenvalue weighted by atomic mass is 9.77.